The molecule has 0 aliphatic carbocycles. The number of rotatable bonds is 8. The van der Waals surface area contributed by atoms with E-state index in [1.807, 2.05) is 24.3 Å². The average molecular weight is 250 g/mol. The van der Waals surface area contributed by atoms with E-state index in [0.29, 0.717) is 0 Å². The van der Waals surface area contributed by atoms with E-state index in [2.05, 4.69) is 6.92 Å². The molecule has 0 fully saturated rings. The Labute approximate surface area is 109 Å². The first-order valence-electron chi connectivity index (χ1n) is 6.53. The molecule has 0 aliphatic heterocycles. The fourth-order valence-electron chi connectivity index (χ4n) is 2.22. The zero-order valence-electron chi connectivity index (χ0n) is 11.2. The number of unbranched alkanes of at least 4 members (excludes halogenated alkanes) is 2. The molecule has 1 unspecified atom stereocenters. The largest absolute Gasteiger partial charge is 0.496 e. The summed E-state index contributed by atoms with van der Waals surface area (Å²) in [6, 6.07) is 7.71. The highest BCUT2D eigenvalue weighted by atomic mass is 16.5. The van der Waals surface area contributed by atoms with Crippen molar-refractivity contribution in [3.63, 3.8) is 0 Å². The van der Waals surface area contributed by atoms with E-state index >= 15 is 0 Å². The molecule has 100 valence electrons. The summed E-state index contributed by atoms with van der Waals surface area (Å²) in [7, 11) is 1.63. The summed E-state index contributed by atoms with van der Waals surface area (Å²) in [5, 5.41) is 9.02. The van der Waals surface area contributed by atoms with Crippen molar-refractivity contribution in [1.82, 2.24) is 0 Å². The van der Waals surface area contributed by atoms with Gasteiger partial charge in [-0.3, -0.25) is 4.79 Å². The number of hydrogen-bond acceptors (Lipinski definition) is 2. The first kappa shape index (κ1) is 14.6. The van der Waals surface area contributed by atoms with E-state index in [-0.39, 0.29) is 12.3 Å². The Hall–Kier alpha value is -1.51. The monoisotopic (exact) mass is 250 g/mol. The lowest BCUT2D eigenvalue weighted by molar-refractivity contribution is -0.137. The molecule has 0 saturated carbocycles. The van der Waals surface area contributed by atoms with Crippen LogP contribution in [0.2, 0.25) is 0 Å². The summed E-state index contributed by atoms with van der Waals surface area (Å²) < 4.78 is 5.32. The van der Waals surface area contributed by atoms with Crippen LogP contribution >= 0.6 is 0 Å². The highest BCUT2D eigenvalue weighted by Gasteiger charge is 2.18. The number of carboxylic acid groups (broad SMARTS) is 1. The minimum absolute atomic E-state index is 0.0465. The van der Waals surface area contributed by atoms with Crippen LogP contribution in [0.3, 0.4) is 0 Å². The van der Waals surface area contributed by atoms with Crippen molar-refractivity contribution in [2.75, 3.05) is 7.11 Å². The fraction of sp³-hybridized carbons (Fsp3) is 0.533. The first-order chi connectivity index (χ1) is 8.69. The van der Waals surface area contributed by atoms with Crippen LogP contribution in [0.4, 0.5) is 0 Å². The third-order valence-electron chi connectivity index (χ3n) is 3.16. The molecule has 1 aromatic rings. The van der Waals surface area contributed by atoms with Gasteiger partial charge in [-0.25, -0.2) is 0 Å². The zero-order chi connectivity index (χ0) is 13.4. The van der Waals surface area contributed by atoms with Gasteiger partial charge in [0.05, 0.1) is 13.5 Å². The number of methoxy groups -OCH3 is 1. The van der Waals surface area contributed by atoms with E-state index in [1.54, 1.807) is 7.11 Å². The molecular weight excluding hydrogens is 228 g/mol. The summed E-state index contributed by atoms with van der Waals surface area (Å²) in [4.78, 5) is 11.0. The quantitative estimate of drug-likeness (QED) is 0.713. The molecule has 0 spiro atoms. The van der Waals surface area contributed by atoms with Crippen LogP contribution in [-0.4, -0.2) is 18.2 Å². The van der Waals surface area contributed by atoms with Gasteiger partial charge in [-0.05, 0) is 24.0 Å². The smallest absolute Gasteiger partial charge is 0.303 e. The van der Waals surface area contributed by atoms with Crippen molar-refractivity contribution in [3.8, 4) is 5.75 Å². The minimum atomic E-state index is -0.748. The maximum Gasteiger partial charge on any atom is 0.303 e. The molecule has 0 radical (unpaired) electrons. The lowest BCUT2D eigenvalue weighted by Gasteiger charge is -2.18. The molecular formula is C15H22O3. The number of hydrogen-bond donors (Lipinski definition) is 1. The topological polar surface area (TPSA) is 46.5 Å². The molecule has 0 amide bonds. The van der Waals surface area contributed by atoms with Gasteiger partial charge in [0, 0.05) is 0 Å². The summed E-state index contributed by atoms with van der Waals surface area (Å²) >= 11 is 0. The second-order valence-electron chi connectivity index (χ2n) is 4.53. The number of aliphatic carboxylic acids is 1. The maximum absolute atomic E-state index is 11.0. The number of para-hydroxylation sites is 1. The SMILES string of the molecule is CCCCCC(CC(=O)O)c1ccccc1OC. The molecule has 1 rings (SSSR count). The zero-order valence-corrected chi connectivity index (χ0v) is 11.2. The number of benzene rings is 1. The van der Waals surface area contributed by atoms with Crippen molar-refractivity contribution in [3.05, 3.63) is 29.8 Å². The molecule has 18 heavy (non-hydrogen) atoms. The Bertz CT molecular complexity index is 374. The van der Waals surface area contributed by atoms with Crippen LogP contribution in [0.25, 0.3) is 0 Å². The van der Waals surface area contributed by atoms with Crippen molar-refractivity contribution in [1.29, 1.82) is 0 Å². The van der Waals surface area contributed by atoms with Crippen LogP contribution in [-0.2, 0) is 4.79 Å². The summed E-state index contributed by atoms with van der Waals surface area (Å²) in [5.74, 6) is 0.0906. The normalized spacial score (nSPS) is 12.1. The molecule has 1 atom stereocenters. The summed E-state index contributed by atoms with van der Waals surface area (Å²) in [6.45, 7) is 2.15. The number of carboxylic acids is 1. The molecule has 0 heterocycles. The van der Waals surface area contributed by atoms with Gasteiger partial charge in [-0.2, -0.15) is 0 Å². The molecule has 0 aliphatic rings. The number of ether oxygens (including phenoxy) is 1. The van der Waals surface area contributed by atoms with Gasteiger partial charge < -0.3 is 9.84 Å². The summed E-state index contributed by atoms with van der Waals surface area (Å²) in [6.07, 6.45) is 4.42. The van der Waals surface area contributed by atoms with Gasteiger partial charge in [0.25, 0.3) is 0 Å². The predicted molar refractivity (Wildman–Crippen MR) is 72.1 cm³/mol. The lowest BCUT2D eigenvalue weighted by Crippen LogP contribution is -2.08. The van der Waals surface area contributed by atoms with Crippen LogP contribution in [0.1, 0.15) is 50.5 Å². The van der Waals surface area contributed by atoms with Gasteiger partial charge >= 0.3 is 5.97 Å². The van der Waals surface area contributed by atoms with Gasteiger partial charge in [0.1, 0.15) is 5.75 Å². The van der Waals surface area contributed by atoms with E-state index in [9.17, 15) is 4.79 Å². The van der Waals surface area contributed by atoms with Crippen molar-refractivity contribution in [2.24, 2.45) is 0 Å². The Balaban J connectivity index is 2.82. The Morgan fingerprint density at radius 1 is 1.33 bits per heavy atom. The predicted octanol–water partition coefficient (Wildman–Crippen LogP) is 3.83. The van der Waals surface area contributed by atoms with Crippen molar-refractivity contribution >= 4 is 5.97 Å². The van der Waals surface area contributed by atoms with Crippen molar-refractivity contribution < 1.29 is 14.6 Å². The average Bonchev–Trinajstić information content (AvgIpc) is 2.37. The highest BCUT2D eigenvalue weighted by Crippen LogP contribution is 2.32. The Kier molecular flexibility index (Phi) is 6.26. The van der Waals surface area contributed by atoms with Crippen LogP contribution in [0.5, 0.6) is 5.75 Å². The van der Waals surface area contributed by atoms with Gasteiger partial charge in [0.15, 0.2) is 0 Å². The third kappa shape index (κ3) is 4.40. The fourth-order valence-corrected chi connectivity index (χ4v) is 2.22. The van der Waals surface area contributed by atoms with Crippen LogP contribution < -0.4 is 4.74 Å². The maximum atomic E-state index is 11.0. The Morgan fingerprint density at radius 3 is 2.67 bits per heavy atom. The molecule has 3 heteroatoms. The highest BCUT2D eigenvalue weighted by molar-refractivity contribution is 5.68. The van der Waals surface area contributed by atoms with E-state index < -0.39 is 5.97 Å². The van der Waals surface area contributed by atoms with Gasteiger partial charge in [-0.15, -0.1) is 0 Å². The van der Waals surface area contributed by atoms with Crippen LogP contribution in [0, 0.1) is 0 Å². The lowest BCUT2D eigenvalue weighted by atomic mass is 9.89. The van der Waals surface area contributed by atoms with E-state index in [0.717, 1.165) is 37.0 Å². The summed E-state index contributed by atoms with van der Waals surface area (Å²) in [5.41, 5.74) is 1.01. The number of carbonyl (C=O) groups is 1. The minimum Gasteiger partial charge on any atom is -0.496 e. The standard InChI is InChI=1S/C15H22O3/c1-3-4-5-8-12(11-15(16)17)13-9-6-7-10-14(13)18-2/h6-7,9-10,12H,3-5,8,11H2,1-2H3,(H,16,17). The van der Waals surface area contributed by atoms with Crippen LogP contribution in [0.15, 0.2) is 24.3 Å². The van der Waals surface area contributed by atoms with Crippen molar-refractivity contribution in [2.45, 2.75) is 44.9 Å². The molecule has 1 N–H and O–H groups in total. The molecule has 3 nitrogen and oxygen atoms in total. The van der Waals surface area contributed by atoms with Gasteiger partial charge in [-0.1, -0.05) is 44.4 Å². The Morgan fingerprint density at radius 2 is 2.06 bits per heavy atom. The van der Waals surface area contributed by atoms with Gasteiger partial charge in [0.2, 0.25) is 0 Å². The van der Waals surface area contributed by atoms with E-state index in [1.165, 1.54) is 0 Å². The molecule has 0 bridgehead atoms. The molecule has 1 aromatic carbocycles. The second-order valence-corrected chi connectivity index (χ2v) is 4.53. The van der Waals surface area contributed by atoms with E-state index in [4.69, 9.17) is 9.84 Å². The third-order valence-corrected chi connectivity index (χ3v) is 3.16. The molecule has 0 saturated heterocycles. The first-order valence-corrected chi connectivity index (χ1v) is 6.53. The second kappa shape index (κ2) is 7.75. The molecule has 0 aromatic heterocycles.